The molecule has 2 heterocycles. The van der Waals surface area contributed by atoms with Gasteiger partial charge in [-0.2, -0.15) is 4.98 Å². The van der Waals surface area contributed by atoms with Crippen molar-refractivity contribution in [1.82, 2.24) is 14.7 Å². The van der Waals surface area contributed by atoms with Crippen molar-refractivity contribution in [3.05, 3.63) is 58.8 Å². The summed E-state index contributed by atoms with van der Waals surface area (Å²) in [6.45, 7) is 0.124. The molecule has 7 nitrogen and oxygen atoms in total. The molecule has 0 aliphatic heterocycles. The maximum absolute atomic E-state index is 11.4. The summed E-state index contributed by atoms with van der Waals surface area (Å²) in [7, 11) is 3.24. The van der Waals surface area contributed by atoms with Crippen LogP contribution in [0.25, 0.3) is 11.4 Å². The molecule has 3 rings (SSSR count). The molecule has 0 fully saturated rings. The highest BCUT2D eigenvalue weighted by atomic mass is 16.5. The molecule has 118 valence electrons. The molecule has 0 amide bonds. The van der Waals surface area contributed by atoms with Crippen molar-refractivity contribution in [3.8, 4) is 22.9 Å². The van der Waals surface area contributed by atoms with Crippen LogP contribution in [0.2, 0.25) is 0 Å². The summed E-state index contributed by atoms with van der Waals surface area (Å²) in [6.07, 6.45) is 1.65. The van der Waals surface area contributed by atoms with Crippen LogP contribution in [0, 0.1) is 0 Å². The lowest BCUT2D eigenvalue weighted by Gasteiger charge is -2.07. The molecule has 0 spiro atoms. The van der Waals surface area contributed by atoms with Gasteiger partial charge >= 0.3 is 0 Å². The van der Waals surface area contributed by atoms with E-state index in [1.54, 1.807) is 38.6 Å². The molecule has 0 radical (unpaired) electrons. The number of hydrogen-bond donors (Lipinski definition) is 0. The molecule has 3 aromatic rings. The molecule has 0 aliphatic rings. The Morgan fingerprint density at radius 1 is 1.17 bits per heavy atom. The minimum Gasteiger partial charge on any atom is -0.493 e. The molecule has 23 heavy (non-hydrogen) atoms. The Morgan fingerprint density at radius 3 is 2.70 bits per heavy atom. The van der Waals surface area contributed by atoms with Crippen LogP contribution in [0.1, 0.15) is 5.89 Å². The van der Waals surface area contributed by atoms with Crippen LogP contribution >= 0.6 is 0 Å². The van der Waals surface area contributed by atoms with Crippen molar-refractivity contribution in [3.63, 3.8) is 0 Å². The Balaban J connectivity index is 1.74. The standard InChI is InChI=1S/C16H15N3O4/c1-19-9-11(7-8-15(19)20)16-17-14(23-18-16)10-22-13-6-4-3-5-12(13)21-2/h3-9H,10H2,1-2H3. The van der Waals surface area contributed by atoms with E-state index in [0.717, 1.165) is 0 Å². The Bertz CT molecular complexity index is 870. The van der Waals surface area contributed by atoms with E-state index in [1.165, 1.54) is 10.6 Å². The molecule has 0 saturated carbocycles. The fraction of sp³-hybridized carbons (Fsp3) is 0.188. The van der Waals surface area contributed by atoms with Crippen LogP contribution in [-0.2, 0) is 13.7 Å². The molecule has 0 bridgehead atoms. The first kappa shape index (κ1) is 14.8. The van der Waals surface area contributed by atoms with Gasteiger partial charge in [-0.15, -0.1) is 0 Å². The van der Waals surface area contributed by atoms with Crippen LogP contribution in [0.5, 0.6) is 11.5 Å². The predicted molar refractivity (Wildman–Crippen MR) is 82.3 cm³/mol. The van der Waals surface area contributed by atoms with Crippen LogP contribution in [0.3, 0.4) is 0 Å². The minimum absolute atomic E-state index is 0.100. The number of pyridine rings is 1. The zero-order valence-corrected chi connectivity index (χ0v) is 12.7. The quantitative estimate of drug-likeness (QED) is 0.717. The molecule has 0 saturated heterocycles. The minimum atomic E-state index is -0.100. The smallest absolute Gasteiger partial charge is 0.264 e. The fourth-order valence-electron chi connectivity index (χ4n) is 2.03. The number of ether oxygens (including phenoxy) is 2. The van der Waals surface area contributed by atoms with Gasteiger partial charge in [-0.3, -0.25) is 4.79 Å². The van der Waals surface area contributed by atoms with E-state index in [0.29, 0.717) is 28.8 Å². The molecular weight excluding hydrogens is 298 g/mol. The lowest BCUT2D eigenvalue weighted by Crippen LogP contribution is -2.14. The third kappa shape index (κ3) is 3.23. The molecule has 0 unspecified atom stereocenters. The van der Waals surface area contributed by atoms with Crippen LogP contribution in [0.15, 0.2) is 51.9 Å². The summed E-state index contributed by atoms with van der Waals surface area (Å²) < 4.78 is 17.5. The first-order chi connectivity index (χ1) is 11.2. The maximum atomic E-state index is 11.4. The van der Waals surface area contributed by atoms with Crippen molar-refractivity contribution >= 4 is 0 Å². The summed E-state index contributed by atoms with van der Waals surface area (Å²) in [5.74, 6) is 1.96. The number of nitrogens with zero attached hydrogens (tertiary/aromatic N) is 3. The third-order valence-corrected chi connectivity index (χ3v) is 3.23. The van der Waals surface area contributed by atoms with Gasteiger partial charge < -0.3 is 18.6 Å². The zero-order valence-electron chi connectivity index (χ0n) is 12.7. The summed E-state index contributed by atoms with van der Waals surface area (Å²) in [4.78, 5) is 15.7. The molecular formula is C16H15N3O4. The number of hydrogen-bond acceptors (Lipinski definition) is 6. The molecule has 0 aliphatic carbocycles. The van der Waals surface area contributed by atoms with E-state index in [9.17, 15) is 4.79 Å². The number of aryl methyl sites for hydroxylation is 1. The van der Waals surface area contributed by atoms with Crippen LogP contribution in [-0.4, -0.2) is 21.8 Å². The van der Waals surface area contributed by atoms with E-state index in [1.807, 2.05) is 12.1 Å². The van der Waals surface area contributed by atoms with Gasteiger partial charge in [0, 0.05) is 24.9 Å². The highest BCUT2D eigenvalue weighted by Crippen LogP contribution is 2.26. The fourth-order valence-corrected chi connectivity index (χ4v) is 2.03. The van der Waals surface area contributed by atoms with E-state index in [2.05, 4.69) is 10.1 Å². The van der Waals surface area contributed by atoms with Crippen LogP contribution in [0.4, 0.5) is 0 Å². The summed E-state index contributed by atoms with van der Waals surface area (Å²) >= 11 is 0. The van der Waals surface area contributed by atoms with Crippen molar-refractivity contribution in [2.75, 3.05) is 7.11 Å². The second kappa shape index (κ2) is 6.35. The van der Waals surface area contributed by atoms with Crippen molar-refractivity contribution in [2.45, 2.75) is 6.61 Å². The SMILES string of the molecule is COc1ccccc1OCc1nc(-c2ccc(=O)n(C)c2)no1. The molecule has 7 heteroatoms. The topological polar surface area (TPSA) is 79.4 Å². The monoisotopic (exact) mass is 313 g/mol. The molecule has 0 atom stereocenters. The van der Waals surface area contributed by atoms with Gasteiger partial charge in [0.15, 0.2) is 18.1 Å². The average molecular weight is 313 g/mol. The van der Waals surface area contributed by atoms with Crippen LogP contribution < -0.4 is 15.0 Å². The van der Waals surface area contributed by atoms with Gasteiger partial charge in [-0.05, 0) is 18.2 Å². The second-order valence-corrected chi connectivity index (χ2v) is 4.82. The Morgan fingerprint density at radius 2 is 1.96 bits per heavy atom. The lowest BCUT2D eigenvalue weighted by atomic mass is 10.3. The van der Waals surface area contributed by atoms with Gasteiger partial charge in [-0.1, -0.05) is 17.3 Å². The molecule has 0 N–H and O–H groups in total. The summed E-state index contributed by atoms with van der Waals surface area (Å²) in [5.41, 5.74) is 0.594. The van der Waals surface area contributed by atoms with Crippen molar-refractivity contribution in [1.29, 1.82) is 0 Å². The number of para-hydroxylation sites is 2. The van der Waals surface area contributed by atoms with Gasteiger partial charge in [-0.25, -0.2) is 0 Å². The van der Waals surface area contributed by atoms with Gasteiger partial charge in [0.25, 0.3) is 5.89 Å². The van der Waals surface area contributed by atoms with Gasteiger partial charge in [0.1, 0.15) is 0 Å². The molecule has 1 aromatic carbocycles. The Kier molecular flexibility index (Phi) is 4.09. The Labute approximate surface area is 132 Å². The molecule has 2 aromatic heterocycles. The van der Waals surface area contributed by atoms with E-state index >= 15 is 0 Å². The van der Waals surface area contributed by atoms with E-state index < -0.39 is 0 Å². The van der Waals surface area contributed by atoms with Gasteiger partial charge in [0.05, 0.1) is 7.11 Å². The predicted octanol–water partition coefficient (Wildman–Crippen LogP) is 2.02. The first-order valence-corrected chi connectivity index (χ1v) is 6.93. The largest absolute Gasteiger partial charge is 0.493 e. The van der Waals surface area contributed by atoms with E-state index in [4.69, 9.17) is 14.0 Å². The lowest BCUT2D eigenvalue weighted by molar-refractivity contribution is 0.233. The number of rotatable bonds is 5. The van der Waals surface area contributed by atoms with Gasteiger partial charge in [0.2, 0.25) is 11.4 Å². The summed E-state index contributed by atoms with van der Waals surface area (Å²) in [5, 5.41) is 3.90. The normalized spacial score (nSPS) is 10.5. The number of aromatic nitrogens is 3. The maximum Gasteiger partial charge on any atom is 0.264 e. The number of methoxy groups -OCH3 is 1. The average Bonchev–Trinajstić information content (AvgIpc) is 3.04. The second-order valence-electron chi connectivity index (χ2n) is 4.82. The highest BCUT2D eigenvalue weighted by Gasteiger charge is 2.11. The highest BCUT2D eigenvalue weighted by molar-refractivity contribution is 5.52. The zero-order chi connectivity index (χ0) is 16.2. The Hall–Kier alpha value is -3.09. The van der Waals surface area contributed by atoms with Crippen molar-refractivity contribution in [2.24, 2.45) is 7.05 Å². The summed E-state index contributed by atoms with van der Waals surface area (Å²) in [6, 6.07) is 10.4. The first-order valence-electron chi connectivity index (χ1n) is 6.93. The van der Waals surface area contributed by atoms with Crippen molar-refractivity contribution < 1.29 is 14.0 Å². The van der Waals surface area contributed by atoms with E-state index in [-0.39, 0.29) is 12.2 Å². The third-order valence-electron chi connectivity index (χ3n) is 3.23. The number of benzene rings is 1.